The highest BCUT2D eigenvalue weighted by atomic mass is 35.5. The van der Waals surface area contributed by atoms with Gasteiger partial charge in [-0.1, -0.05) is 29.8 Å². The molecule has 2 aromatic carbocycles. The molecular weight excluding hydrogens is 258 g/mol. The van der Waals surface area contributed by atoms with Gasteiger partial charge in [-0.2, -0.15) is 0 Å². The van der Waals surface area contributed by atoms with Crippen molar-refractivity contribution in [3.05, 3.63) is 64.2 Å². The van der Waals surface area contributed by atoms with Crippen LogP contribution in [-0.2, 0) is 0 Å². The first-order valence-corrected chi connectivity index (χ1v) is 6.73. The molecule has 0 spiro atoms. The number of rotatable bonds is 4. The van der Waals surface area contributed by atoms with Gasteiger partial charge in [-0.3, -0.25) is 0 Å². The molecule has 0 aliphatic heterocycles. The van der Waals surface area contributed by atoms with E-state index in [0.29, 0.717) is 6.61 Å². The lowest BCUT2D eigenvalue weighted by molar-refractivity contribution is 0.340. The number of halogens is 1. The molecule has 0 radical (unpaired) electrons. The predicted molar refractivity (Wildman–Crippen MR) is 79.8 cm³/mol. The van der Waals surface area contributed by atoms with Gasteiger partial charge in [0.25, 0.3) is 0 Å². The van der Waals surface area contributed by atoms with Gasteiger partial charge in [-0.25, -0.2) is 0 Å². The Morgan fingerprint density at radius 1 is 1.11 bits per heavy atom. The monoisotopic (exact) mass is 275 g/mol. The molecule has 19 heavy (non-hydrogen) atoms. The average molecular weight is 276 g/mol. The molecular formula is C16H18ClNO. The Bertz CT molecular complexity index is 531. The van der Waals surface area contributed by atoms with Gasteiger partial charge < -0.3 is 10.5 Å². The number of hydrogen-bond donors (Lipinski definition) is 1. The van der Waals surface area contributed by atoms with Crippen LogP contribution in [0.4, 0.5) is 0 Å². The van der Waals surface area contributed by atoms with Crippen LogP contribution in [0.25, 0.3) is 0 Å². The zero-order chi connectivity index (χ0) is 13.8. The van der Waals surface area contributed by atoms with Crippen LogP contribution in [-0.4, -0.2) is 6.61 Å². The van der Waals surface area contributed by atoms with Crippen LogP contribution in [0.2, 0.25) is 5.02 Å². The van der Waals surface area contributed by atoms with E-state index in [4.69, 9.17) is 22.1 Å². The molecule has 0 fully saturated rings. The lowest BCUT2D eigenvalue weighted by Crippen LogP contribution is -2.12. The highest BCUT2D eigenvalue weighted by Crippen LogP contribution is 2.25. The summed E-state index contributed by atoms with van der Waals surface area (Å²) in [5.74, 6) is 0.862. The van der Waals surface area contributed by atoms with Crippen LogP contribution < -0.4 is 10.5 Å². The third-order valence-electron chi connectivity index (χ3n) is 2.97. The van der Waals surface area contributed by atoms with Gasteiger partial charge in [-0.15, -0.1) is 0 Å². The topological polar surface area (TPSA) is 35.2 Å². The zero-order valence-corrected chi connectivity index (χ0v) is 11.9. The second-order valence-electron chi connectivity index (χ2n) is 4.54. The molecule has 2 nitrogen and oxygen atoms in total. The number of nitrogens with two attached hydrogens (primary N) is 1. The largest absolute Gasteiger partial charge is 0.494 e. The molecule has 0 heterocycles. The number of hydrogen-bond acceptors (Lipinski definition) is 2. The van der Waals surface area contributed by atoms with Gasteiger partial charge in [0, 0.05) is 5.02 Å². The first kappa shape index (κ1) is 13.9. The molecule has 0 aliphatic carbocycles. The van der Waals surface area contributed by atoms with Gasteiger partial charge in [0.15, 0.2) is 0 Å². The lowest BCUT2D eigenvalue weighted by atomic mass is 9.98. The van der Waals surface area contributed by atoms with Gasteiger partial charge >= 0.3 is 0 Å². The third-order valence-corrected chi connectivity index (χ3v) is 3.19. The van der Waals surface area contributed by atoms with E-state index in [9.17, 15) is 0 Å². The summed E-state index contributed by atoms with van der Waals surface area (Å²) >= 11 is 6.07. The number of ether oxygens (including phenoxy) is 1. The Hall–Kier alpha value is -1.51. The van der Waals surface area contributed by atoms with E-state index in [1.54, 1.807) is 0 Å². The van der Waals surface area contributed by atoms with Crippen molar-refractivity contribution in [2.45, 2.75) is 19.9 Å². The zero-order valence-electron chi connectivity index (χ0n) is 11.2. The van der Waals surface area contributed by atoms with Crippen molar-refractivity contribution in [3.8, 4) is 5.75 Å². The Kier molecular flexibility index (Phi) is 4.46. The van der Waals surface area contributed by atoms with Gasteiger partial charge in [0.05, 0.1) is 12.6 Å². The van der Waals surface area contributed by atoms with Crippen molar-refractivity contribution >= 4 is 11.6 Å². The SMILES string of the molecule is CCOc1ccc(C(N)c2cc(C)cc(Cl)c2)cc1. The fourth-order valence-electron chi connectivity index (χ4n) is 2.07. The Morgan fingerprint density at radius 2 is 1.79 bits per heavy atom. The quantitative estimate of drug-likeness (QED) is 0.912. The fraction of sp³-hybridized carbons (Fsp3) is 0.250. The van der Waals surface area contributed by atoms with Crippen molar-refractivity contribution < 1.29 is 4.74 Å². The van der Waals surface area contributed by atoms with Crippen LogP contribution in [0.15, 0.2) is 42.5 Å². The number of benzene rings is 2. The molecule has 2 aromatic rings. The van der Waals surface area contributed by atoms with Crippen molar-refractivity contribution in [2.75, 3.05) is 6.61 Å². The summed E-state index contributed by atoms with van der Waals surface area (Å²) < 4.78 is 5.42. The Morgan fingerprint density at radius 3 is 2.37 bits per heavy atom. The molecule has 2 N–H and O–H groups in total. The van der Waals surface area contributed by atoms with Crippen molar-refractivity contribution in [1.29, 1.82) is 0 Å². The van der Waals surface area contributed by atoms with Gasteiger partial charge in [0.1, 0.15) is 5.75 Å². The van der Waals surface area contributed by atoms with Gasteiger partial charge in [0.2, 0.25) is 0 Å². The maximum Gasteiger partial charge on any atom is 0.119 e. The summed E-state index contributed by atoms with van der Waals surface area (Å²) in [5, 5.41) is 0.719. The Balaban J connectivity index is 2.25. The second kappa shape index (κ2) is 6.09. The molecule has 100 valence electrons. The summed E-state index contributed by atoms with van der Waals surface area (Å²) in [7, 11) is 0. The standard InChI is InChI=1S/C16H18ClNO/c1-3-19-15-6-4-12(5-7-15)16(18)13-8-11(2)9-14(17)10-13/h4-10,16H,3,18H2,1-2H3. The first-order chi connectivity index (χ1) is 9.10. The summed E-state index contributed by atoms with van der Waals surface area (Å²) in [6.45, 7) is 4.65. The van der Waals surface area contributed by atoms with E-state index in [0.717, 1.165) is 27.5 Å². The molecule has 0 aliphatic rings. The normalized spacial score (nSPS) is 12.2. The average Bonchev–Trinajstić information content (AvgIpc) is 2.38. The minimum atomic E-state index is -0.173. The molecule has 2 rings (SSSR count). The minimum Gasteiger partial charge on any atom is -0.494 e. The summed E-state index contributed by atoms with van der Waals surface area (Å²) in [5.41, 5.74) is 9.46. The van der Waals surface area contributed by atoms with Crippen LogP contribution in [0.3, 0.4) is 0 Å². The van der Waals surface area contributed by atoms with E-state index < -0.39 is 0 Å². The Labute approximate surface area is 119 Å². The van der Waals surface area contributed by atoms with E-state index in [2.05, 4.69) is 6.07 Å². The van der Waals surface area contributed by atoms with Gasteiger partial charge in [-0.05, 0) is 54.8 Å². The smallest absolute Gasteiger partial charge is 0.119 e. The molecule has 0 bridgehead atoms. The van der Waals surface area contributed by atoms with E-state index in [1.165, 1.54) is 0 Å². The molecule has 3 heteroatoms. The van der Waals surface area contributed by atoms with Crippen LogP contribution in [0, 0.1) is 6.92 Å². The molecule has 0 aromatic heterocycles. The lowest BCUT2D eigenvalue weighted by Gasteiger charge is -2.14. The minimum absolute atomic E-state index is 0.173. The molecule has 0 saturated heterocycles. The summed E-state index contributed by atoms with van der Waals surface area (Å²) in [4.78, 5) is 0. The van der Waals surface area contributed by atoms with E-state index in [1.807, 2.05) is 50.2 Å². The maximum atomic E-state index is 6.28. The van der Waals surface area contributed by atoms with Crippen molar-refractivity contribution in [2.24, 2.45) is 5.73 Å². The summed E-state index contributed by atoms with van der Waals surface area (Å²) in [6, 6.07) is 13.6. The van der Waals surface area contributed by atoms with Crippen LogP contribution in [0.1, 0.15) is 29.7 Å². The third kappa shape index (κ3) is 3.49. The van der Waals surface area contributed by atoms with Crippen molar-refractivity contribution in [3.63, 3.8) is 0 Å². The van der Waals surface area contributed by atoms with Crippen molar-refractivity contribution in [1.82, 2.24) is 0 Å². The molecule has 0 amide bonds. The summed E-state index contributed by atoms with van der Waals surface area (Å²) in [6.07, 6.45) is 0. The highest BCUT2D eigenvalue weighted by molar-refractivity contribution is 6.30. The molecule has 1 atom stereocenters. The van der Waals surface area contributed by atoms with Crippen LogP contribution in [0.5, 0.6) is 5.75 Å². The fourth-order valence-corrected chi connectivity index (χ4v) is 2.37. The van der Waals surface area contributed by atoms with Crippen LogP contribution >= 0.6 is 11.6 Å². The number of aryl methyl sites for hydroxylation is 1. The molecule has 1 unspecified atom stereocenters. The molecule has 0 saturated carbocycles. The second-order valence-corrected chi connectivity index (χ2v) is 4.98. The van der Waals surface area contributed by atoms with E-state index in [-0.39, 0.29) is 6.04 Å². The first-order valence-electron chi connectivity index (χ1n) is 6.35. The highest BCUT2D eigenvalue weighted by Gasteiger charge is 2.10. The van der Waals surface area contributed by atoms with E-state index >= 15 is 0 Å². The predicted octanol–water partition coefficient (Wildman–Crippen LogP) is 4.10. The maximum absolute atomic E-state index is 6.28.